The normalized spacial score (nSPS) is 21.0. The number of phosphoric ester groups is 1. The van der Waals surface area contributed by atoms with E-state index >= 15 is 0 Å². The van der Waals surface area contributed by atoms with E-state index in [9.17, 15) is 34.4 Å². The fourth-order valence-electron chi connectivity index (χ4n) is 6.77. The van der Waals surface area contributed by atoms with Crippen LogP contribution in [0, 0.1) is 25.7 Å². The average Bonchev–Trinajstić information content (AvgIpc) is 3.57. The number of esters is 2. The molecule has 55 heavy (non-hydrogen) atoms. The molecule has 13 nitrogen and oxygen atoms in total. The maximum Gasteiger partial charge on any atom is 0.472 e. The van der Waals surface area contributed by atoms with Crippen LogP contribution in [-0.2, 0) is 45.5 Å². The van der Waals surface area contributed by atoms with E-state index in [0.29, 0.717) is 19.3 Å². The molecule has 0 bridgehead atoms. The second kappa shape index (κ2) is 27.3. The molecule has 0 radical (unpaired) electrons. The highest BCUT2D eigenvalue weighted by atomic mass is 31.2. The molecule has 1 aromatic heterocycles. The van der Waals surface area contributed by atoms with Gasteiger partial charge in [0.15, 0.2) is 6.10 Å². The first-order valence-electron chi connectivity index (χ1n) is 20.4. The van der Waals surface area contributed by atoms with Gasteiger partial charge in [-0.3, -0.25) is 18.6 Å². The Balaban J connectivity index is 1.78. The standard InChI is InChI=1S/C41H70NO12P/c1-5-7-12-18-32(43)23-24-35-34(36(44)27-37(35)45)19-15-16-21-40(46)50-28-33(29-52-55(48,49)51-26-25-42)53-41(47)22-14-11-9-8-10-13-20-39-31(4)30(3)38(54-39)17-6-2/h15-16,23-24,32-37,43-45H,5-14,17-22,25-29,42H2,1-4H3,(H,48,49)/b16-15-,24-23+/t32-,33-,34+,35-,36+,37-/m1/s1. The zero-order valence-corrected chi connectivity index (χ0v) is 34.6. The van der Waals surface area contributed by atoms with Crippen molar-refractivity contribution in [3.63, 3.8) is 0 Å². The number of carbonyl (C=O) groups excluding carboxylic acids is 2. The number of nitrogens with two attached hydrogens (primary N) is 1. The van der Waals surface area contributed by atoms with Gasteiger partial charge in [-0.15, -0.1) is 0 Å². The molecule has 1 unspecified atom stereocenters. The lowest BCUT2D eigenvalue weighted by atomic mass is 9.89. The summed E-state index contributed by atoms with van der Waals surface area (Å²) >= 11 is 0. The highest BCUT2D eigenvalue weighted by Crippen LogP contribution is 2.43. The Morgan fingerprint density at radius 2 is 1.58 bits per heavy atom. The van der Waals surface area contributed by atoms with Crippen LogP contribution in [0.5, 0.6) is 0 Å². The van der Waals surface area contributed by atoms with Crippen LogP contribution in [0.1, 0.15) is 133 Å². The van der Waals surface area contributed by atoms with E-state index in [4.69, 9.17) is 28.7 Å². The maximum absolute atomic E-state index is 12.7. The number of phosphoric acid groups is 1. The molecule has 1 fully saturated rings. The lowest BCUT2D eigenvalue weighted by Gasteiger charge is -2.20. The molecule has 1 heterocycles. The molecule has 0 saturated heterocycles. The van der Waals surface area contributed by atoms with E-state index in [1.807, 2.05) is 0 Å². The van der Waals surface area contributed by atoms with E-state index in [2.05, 4.69) is 27.7 Å². The Bertz CT molecular complexity index is 1350. The Hall–Kier alpha value is -2.35. The van der Waals surface area contributed by atoms with E-state index in [-0.39, 0.29) is 44.2 Å². The van der Waals surface area contributed by atoms with Crippen LogP contribution in [0.25, 0.3) is 0 Å². The highest BCUT2D eigenvalue weighted by molar-refractivity contribution is 7.47. The summed E-state index contributed by atoms with van der Waals surface area (Å²) in [5.41, 5.74) is 7.86. The third-order valence-electron chi connectivity index (χ3n) is 10.1. The largest absolute Gasteiger partial charge is 0.472 e. The molecule has 316 valence electrons. The lowest BCUT2D eigenvalue weighted by Crippen LogP contribution is -2.29. The second-order valence-corrected chi connectivity index (χ2v) is 16.2. The van der Waals surface area contributed by atoms with Crippen LogP contribution in [0.4, 0.5) is 0 Å². The summed E-state index contributed by atoms with van der Waals surface area (Å²) in [6, 6.07) is 0. The third-order valence-corrected chi connectivity index (χ3v) is 11.1. The molecule has 0 spiro atoms. The van der Waals surface area contributed by atoms with Gasteiger partial charge in [-0.1, -0.05) is 83.1 Å². The van der Waals surface area contributed by atoms with Gasteiger partial charge < -0.3 is 39.8 Å². The molecule has 6 N–H and O–H groups in total. The van der Waals surface area contributed by atoms with Crippen LogP contribution >= 0.6 is 7.82 Å². The molecule has 0 aromatic carbocycles. The van der Waals surface area contributed by atoms with Crippen molar-refractivity contribution in [1.29, 1.82) is 0 Å². The summed E-state index contributed by atoms with van der Waals surface area (Å²) in [6.45, 7) is 7.35. The maximum atomic E-state index is 12.7. The number of unbranched alkanes of at least 4 members (excludes halogenated alkanes) is 7. The predicted molar refractivity (Wildman–Crippen MR) is 211 cm³/mol. The smallest absolute Gasteiger partial charge is 0.466 e. The highest BCUT2D eigenvalue weighted by Gasteiger charge is 2.39. The van der Waals surface area contributed by atoms with E-state index in [1.54, 1.807) is 24.3 Å². The molecule has 0 amide bonds. The fourth-order valence-corrected chi connectivity index (χ4v) is 7.54. The minimum Gasteiger partial charge on any atom is -0.466 e. The summed E-state index contributed by atoms with van der Waals surface area (Å²) in [5.74, 6) is 0.409. The Labute approximate surface area is 328 Å². The lowest BCUT2D eigenvalue weighted by molar-refractivity contribution is -0.160. The van der Waals surface area contributed by atoms with E-state index < -0.39 is 57.4 Å². The first-order chi connectivity index (χ1) is 26.3. The summed E-state index contributed by atoms with van der Waals surface area (Å²) < 4.78 is 38.8. The van der Waals surface area contributed by atoms with Crippen LogP contribution in [0.3, 0.4) is 0 Å². The van der Waals surface area contributed by atoms with Crippen molar-refractivity contribution >= 4 is 19.8 Å². The van der Waals surface area contributed by atoms with Crippen LogP contribution in [0.2, 0.25) is 0 Å². The van der Waals surface area contributed by atoms with Crippen molar-refractivity contribution in [2.75, 3.05) is 26.4 Å². The van der Waals surface area contributed by atoms with E-state index in [1.165, 1.54) is 11.1 Å². The first-order valence-corrected chi connectivity index (χ1v) is 21.9. The monoisotopic (exact) mass is 799 g/mol. The molecule has 1 aliphatic rings. The van der Waals surface area contributed by atoms with Crippen molar-refractivity contribution in [2.24, 2.45) is 17.6 Å². The fraction of sp³-hybridized carbons (Fsp3) is 0.756. The molecular formula is C41H70NO12P. The number of carbonyl (C=O) groups is 2. The van der Waals surface area contributed by atoms with E-state index in [0.717, 1.165) is 82.1 Å². The number of rotatable bonds is 30. The van der Waals surface area contributed by atoms with Gasteiger partial charge in [0.1, 0.15) is 18.1 Å². The van der Waals surface area contributed by atoms with Crippen molar-refractivity contribution in [1.82, 2.24) is 0 Å². The first kappa shape index (κ1) is 48.8. The van der Waals surface area contributed by atoms with Gasteiger partial charge >= 0.3 is 19.8 Å². The third kappa shape index (κ3) is 19.6. The van der Waals surface area contributed by atoms with Crippen LogP contribution in [0.15, 0.2) is 28.7 Å². The Morgan fingerprint density at radius 3 is 2.27 bits per heavy atom. The molecule has 2 rings (SSSR count). The van der Waals surface area contributed by atoms with Gasteiger partial charge in [0.05, 0.1) is 37.9 Å². The zero-order valence-electron chi connectivity index (χ0n) is 33.7. The van der Waals surface area contributed by atoms with Crippen molar-refractivity contribution in [3.05, 3.63) is 47.0 Å². The molecule has 1 aromatic rings. The van der Waals surface area contributed by atoms with Crippen molar-refractivity contribution in [2.45, 2.75) is 161 Å². The topological polar surface area (TPSA) is 208 Å². The molecule has 7 atom stereocenters. The number of aryl methyl sites for hydroxylation is 2. The predicted octanol–water partition coefficient (Wildman–Crippen LogP) is 6.86. The number of furan rings is 1. The van der Waals surface area contributed by atoms with Crippen molar-refractivity contribution in [3.8, 4) is 0 Å². The number of aliphatic hydroxyl groups is 3. The molecule has 1 aliphatic carbocycles. The van der Waals surface area contributed by atoms with Gasteiger partial charge in [0.2, 0.25) is 0 Å². The summed E-state index contributed by atoms with van der Waals surface area (Å²) in [4.78, 5) is 35.2. The second-order valence-electron chi connectivity index (χ2n) is 14.7. The SMILES string of the molecule is CCCCC[C@@H](O)/C=C/[C@@H]1[C@H](C/C=C\CC(=O)OC[C@H](COP(=O)(O)OCCN)OC(=O)CCCCCCCCc2oc(CCC)c(C)c2C)[C@@H](O)C[C@H]1O. The number of hydrogen-bond acceptors (Lipinski definition) is 12. The average molecular weight is 800 g/mol. The number of ether oxygens (including phenoxy) is 2. The van der Waals surface area contributed by atoms with Crippen molar-refractivity contribution < 1.29 is 57.3 Å². The molecule has 14 heteroatoms. The van der Waals surface area contributed by atoms with Gasteiger partial charge in [0.25, 0.3) is 0 Å². The van der Waals surface area contributed by atoms with Gasteiger partial charge in [0, 0.05) is 38.1 Å². The number of aliphatic hydroxyl groups excluding tert-OH is 3. The van der Waals surface area contributed by atoms with Gasteiger partial charge in [-0.25, -0.2) is 4.57 Å². The Kier molecular flexibility index (Phi) is 24.2. The molecule has 1 saturated carbocycles. The summed E-state index contributed by atoms with van der Waals surface area (Å²) in [7, 11) is -4.47. The Morgan fingerprint density at radius 1 is 0.891 bits per heavy atom. The quantitative estimate of drug-likeness (QED) is 0.0234. The van der Waals surface area contributed by atoms with Crippen LogP contribution < -0.4 is 5.73 Å². The summed E-state index contributed by atoms with van der Waals surface area (Å²) in [5, 5.41) is 31.3. The minimum atomic E-state index is -4.47. The number of allylic oxidation sites excluding steroid dienone is 1. The molecular weight excluding hydrogens is 729 g/mol. The van der Waals surface area contributed by atoms with Crippen LogP contribution in [-0.4, -0.2) is 82.9 Å². The van der Waals surface area contributed by atoms with Gasteiger partial charge in [-0.05, 0) is 63.0 Å². The minimum absolute atomic E-state index is 0.000582. The van der Waals surface area contributed by atoms with Gasteiger partial charge in [-0.2, -0.15) is 0 Å². The summed E-state index contributed by atoms with van der Waals surface area (Å²) in [6.07, 6.45) is 16.4. The number of hydrogen-bond donors (Lipinski definition) is 5. The molecule has 0 aliphatic heterocycles. The zero-order chi connectivity index (χ0) is 40.6.